The summed E-state index contributed by atoms with van der Waals surface area (Å²) < 4.78 is 30.2. The maximum absolute atomic E-state index is 11.8. The molecule has 0 fully saturated rings. The fourth-order valence-corrected chi connectivity index (χ4v) is 1.87. The minimum atomic E-state index is -0.335. The van der Waals surface area contributed by atoms with Crippen LogP contribution < -0.4 is 0 Å². The van der Waals surface area contributed by atoms with Crippen molar-refractivity contribution in [2.24, 2.45) is 5.92 Å². The van der Waals surface area contributed by atoms with E-state index in [0.717, 1.165) is 0 Å². The molecule has 0 N–H and O–H groups in total. The Morgan fingerprint density at radius 3 is 1.44 bits per heavy atom. The SMILES string of the molecule is CCC(CC(=O)OCCOCCOC)CC(=O)OCCOCCOC. The fraction of sp³-hybridized carbons (Fsp3) is 0.882. The molecular weight excluding hydrogens is 332 g/mol. The maximum Gasteiger partial charge on any atom is 0.306 e. The van der Waals surface area contributed by atoms with Crippen LogP contribution in [-0.2, 0) is 38.0 Å². The number of hydrogen-bond acceptors (Lipinski definition) is 8. The van der Waals surface area contributed by atoms with Crippen LogP contribution >= 0.6 is 0 Å². The summed E-state index contributed by atoms with van der Waals surface area (Å²) in [7, 11) is 3.18. The largest absolute Gasteiger partial charge is 0.463 e. The summed E-state index contributed by atoms with van der Waals surface area (Å²) >= 11 is 0. The average molecular weight is 364 g/mol. The average Bonchev–Trinajstić information content (AvgIpc) is 2.60. The Kier molecular flexibility index (Phi) is 16.7. The van der Waals surface area contributed by atoms with E-state index < -0.39 is 0 Å². The molecule has 0 unspecified atom stereocenters. The van der Waals surface area contributed by atoms with Gasteiger partial charge in [0.2, 0.25) is 0 Å². The van der Waals surface area contributed by atoms with E-state index in [4.69, 9.17) is 28.4 Å². The number of rotatable bonds is 17. The Morgan fingerprint density at radius 2 is 1.08 bits per heavy atom. The molecule has 0 aliphatic carbocycles. The molecule has 0 saturated heterocycles. The van der Waals surface area contributed by atoms with Crippen LogP contribution in [0.5, 0.6) is 0 Å². The minimum Gasteiger partial charge on any atom is -0.463 e. The molecule has 148 valence electrons. The predicted molar refractivity (Wildman–Crippen MR) is 90.3 cm³/mol. The lowest BCUT2D eigenvalue weighted by molar-refractivity contribution is -0.149. The molecular formula is C17H32O8. The Hall–Kier alpha value is -1.22. The predicted octanol–water partition coefficient (Wildman–Crippen LogP) is 1.21. The van der Waals surface area contributed by atoms with E-state index in [0.29, 0.717) is 46.1 Å². The molecule has 0 spiro atoms. The lowest BCUT2D eigenvalue weighted by Gasteiger charge is -2.14. The molecule has 0 aliphatic rings. The molecule has 0 bridgehead atoms. The summed E-state index contributed by atoms with van der Waals surface area (Å²) in [5, 5.41) is 0. The molecule has 0 radical (unpaired) electrons. The van der Waals surface area contributed by atoms with E-state index in [1.807, 2.05) is 6.92 Å². The Bertz CT molecular complexity index is 305. The number of carbonyl (C=O) groups excluding carboxylic acids is 2. The summed E-state index contributed by atoms with van der Waals surface area (Å²) in [6.45, 7) is 4.92. The van der Waals surface area contributed by atoms with Gasteiger partial charge in [0.25, 0.3) is 0 Å². The second-order valence-electron chi connectivity index (χ2n) is 5.33. The molecule has 0 rings (SSSR count). The van der Waals surface area contributed by atoms with Crippen LogP contribution in [0.15, 0.2) is 0 Å². The van der Waals surface area contributed by atoms with Crippen molar-refractivity contribution < 1.29 is 38.0 Å². The van der Waals surface area contributed by atoms with Gasteiger partial charge in [0.05, 0.1) is 39.6 Å². The first kappa shape index (κ1) is 23.8. The zero-order valence-corrected chi connectivity index (χ0v) is 15.6. The lowest BCUT2D eigenvalue weighted by atomic mass is 9.99. The highest BCUT2D eigenvalue weighted by molar-refractivity contribution is 5.73. The standard InChI is InChI=1S/C17H32O8/c1-4-15(13-16(18)24-11-9-22-7-5-20-2)14-17(19)25-12-10-23-8-6-21-3/h15H,4-14H2,1-3H3. The quantitative estimate of drug-likeness (QED) is 0.281. The number of ether oxygens (including phenoxy) is 6. The van der Waals surface area contributed by atoms with Crippen molar-refractivity contribution in [2.45, 2.75) is 26.2 Å². The molecule has 25 heavy (non-hydrogen) atoms. The van der Waals surface area contributed by atoms with Crippen molar-refractivity contribution in [3.63, 3.8) is 0 Å². The van der Waals surface area contributed by atoms with Crippen LogP contribution in [-0.4, -0.2) is 79.0 Å². The van der Waals surface area contributed by atoms with Crippen LogP contribution in [0.1, 0.15) is 26.2 Å². The Balaban J connectivity index is 3.74. The first-order chi connectivity index (χ1) is 12.1. The van der Waals surface area contributed by atoms with Gasteiger partial charge in [0.15, 0.2) is 0 Å². The zero-order chi connectivity index (χ0) is 18.8. The highest BCUT2D eigenvalue weighted by Crippen LogP contribution is 2.15. The first-order valence-electron chi connectivity index (χ1n) is 8.58. The fourth-order valence-electron chi connectivity index (χ4n) is 1.87. The van der Waals surface area contributed by atoms with Gasteiger partial charge < -0.3 is 28.4 Å². The van der Waals surface area contributed by atoms with Crippen LogP contribution in [0.25, 0.3) is 0 Å². The van der Waals surface area contributed by atoms with Crippen LogP contribution in [0.3, 0.4) is 0 Å². The molecule has 0 amide bonds. The van der Waals surface area contributed by atoms with Gasteiger partial charge in [-0.15, -0.1) is 0 Å². The Morgan fingerprint density at radius 1 is 0.680 bits per heavy atom. The third-order valence-electron chi connectivity index (χ3n) is 3.33. The zero-order valence-electron chi connectivity index (χ0n) is 15.6. The van der Waals surface area contributed by atoms with Crippen LogP contribution in [0.4, 0.5) is 0 Å². The summed E-state index contributed by atoms with van der Waals surface area (Å²) in [4.78, 5) is 23.5. The number of carbonyl (C=O) groups is 2. The second-order valence-corrected chi connectivity index (χ2v) is 5.33. The lowest BCUT2D eigenvalue weighted by Crippen LogP contribution is -2.19. The van der Waals surface area contributed by atoms with Gasteiger partial charge >= 0.3 is 11.9 Å². The minimum absolute atomic E-state index is 0.0937. The van der Waals surface area contributed by atoms with Crippen LogP contribution in [0, 0.1) is 5.92 Å². The molecule has 8 heteroatoms. The highest BCUT2D eigenvalue weighted by Gasteiger charge is 2.18. The van der Waals surface area contributed by atoms with Gasteiger partial charge in [-0.05, 0) is 5.92 Å². The third kappa shape index (κ3) is 16.0. The van der Waals surface area contributed by atoms with E-state index in [1.54, 1.807) is 14.2 Å². The van der Waals surface area contributed by atoms with E-state index in [9.17, 15) is 9.59 Å². The number of esters is 2. The summed E-state index contributed by atoms with van der Waals surface area (Å²) in [6, 6.07) is 0. The van der Waals surface area contributed by atoms with Crippen molar-refractivity contribution in [1.82, 2.24) is 0 Å². The second kappa shape index (κ2) is 17.6. The molecule has 8 nitrogen and oxygen atoms in total. The molecule has 0 aromatic rings. The molecule has 0 saturated carbocycles. The number of hydrogen-bond donors (Lipinski definition) is 0. The summed E-state index contributed by atoms with van der Waals surface area (Å²) in [5.74, 6) is -0.764. The third-order valence-corrected chi connectivity index (χ3v) is 3.33. The van der Waals surface area contributed by atoms with Gasteiger partial charge in [-0.2, -0.15) is 0 Å². The topological polar surface area (TPSA) is 89.5 Å². The summed E-state index contributed by atoms with van der Waals surface area (Å²) in [6.07, 6.45) is 1.07. The van der Waals surface area contributed by atoms with Crippen molar-refractivity contribution >= 4 is 11.9 Å². The van der Waals surface area contributed by atoms with Gasteiger partial charge in [0, 0.05) is 27.1 Å². The Labute approximate surface area is 150 Å². The molecule has 0 aliphatic heterocycles. The van der Waals surface area contributed by atoms with Gasteiger partial charge in [-0.25, -0.2) is 0 Å². The van der Waals surface area contributed by atoms with Gasteiger partial charge in [-0.3, -0.25) is 9.59 Å². The molecule has 0 aromatic carbocycles. The number of methoxy groups -OCH3 is 2. The van der Waals surface area contributed by atoms with Crippen LogP contribution in [0.2, 0.25) is 0 Å². The smallest absolute Gasteiger partial charge is 0.306 e. The van der Waals surface area contributed by atoms with E-state index in [1.165, 1.54) is 0 Å². The van der Waals surface area contributed by atoms with E-state index in [2.05, 4.69) is 0 Å². The molecule has 0 aromatic heterocycles. The molecule has 0 atom stereocenters. The van der Waals surface area contributed by atoms with Gasteiger partial charge in [-0.1, -0.05) is 13.3 Å². The normalized spacial score (nSPS) is 10.9. The van der Waals surface area contributed by atoms with Crippen molar-refractivity contribution in [3.05, 3.63) is 0 Å². The maximum atomic E-state index is 11.8. The van der Waals surface area contributed by atoms with E-state index >= 15 is 0 Å². The van der Waals surface area contributed by atoms with E-state index in [-0.39, 0.29) is 43.9 Å². The summed E-state index contributed by atoms with van der Waals surface area (Å²) in [5.41, 5.74) is 0. The monoisotopic (exact) mass is 364 g/mol. The first-order valence-corrected chi connectivity index (χ1v) is 8.58. The molecule has 0 heterocycles. The van der Waals surface area contributed by atoms with Crippen molar-refractivity contribution in [2.75, 3.05) is 67.1 Å². The highest BCUT2D eigenvalue weighted by atomic mass is 16.6. The van der Waals surface area contributed by atoms with Crippen molar-refractivity contribution in [3.8, 4) is 0 Å². The van der Waals surface area contributed by atoms with Gasteiger partial charge in [0.1, 0.15) is 13.2 Å². The van der Waals surface area contributed by atoms with Crippen molar-refractivity contribution in [1.29, 1.82) is 0 Å².